The zero-order chi connectivity index (χ0) is 12.9. The molecule has 0 unspecified atom stereocenters. The van der Waals surface area contributed by atoms with Crippen molar-refractivity contribution in [3.8, 4) is 0 Å². The maximum atomic E-state index is 11.7. The Morgan fingerprint density at radius 1 is 1.33 bits per heavy atom. The van der Waals surface area contributed by atoms with E-state index >= 15 is 0 Å². The monoisotopic (exact) mass is 242 g/mol. The Bertz CT molecular complexity index is 792. The summed E-state index contributed by atoms with van der Waals surface area (Å²) in [5, 5.41) is 5.10. The number of nitrogens with zero attached hydrogens (tertiary/aromatic N) is 3. The van der Waals surface area contributed by atoms with Gasteiger partial charge >= 0.3 is 0 Å². The fraction of sp³-hybridized carbons (Fsp3) is 0.308. The number of nitrogens with one attached hydrogen (secondary N) is 1. The molecular formula is C13H14N4O. The van der Waals surface area contributed by atoms with Crippen LogP contribution in [0.25, 0.3) is 16.6 Å². The number of aromatic nitrogens is 4. The molecule has 0 aliphatic rings. The molecule has 18 heavy (non-hydrogen) atoms. The zero-order valence-electron chi connectivity index (χ0n) is 10.6. The second kappa shape index (κ2) is 3.41. The lowest BCUT2D eigenvalue weighted by Gasteiger charge is -2.13. The van der Waals surface area contributed by atoms with Crippen molar-refractivity contribution in [1.29, 1.82) is 0 Å². The van der Waals surface area contributed by atoms with Crippen LogP contribution < -0.4 is 5.56 Å². The Balaban J connectivity index is 2.45. The summed E-state index contributed by atoms with van der Waals surface area (Å²) in [7, 11) is 0. The van der Waals surface area contributed by atoms with Gasteiger partial charge < -0.3 is 4.98 Å². The minimum atomic E-state index is -0.144. The molecule has 0 atom stereocenters. The molecule has 0 aromatic carbocycles. The minimum absolute atomic E-state index is 0.0405. The molecule has 1 N–H and O–H groups in total. The molecule has 5 heteroatoms. The maximum absolute atomic E-state index is 11.7. The molecule has 0 radical (unpaired) electrons. The molecule has 0 spiro atoms. The van der Waals surface area contributed by atoms with Gasteiger partial charge in [0.1, 0.15) is 0 Å². The molecule has 92 valence electrons. The first-order valence-electron chi connectivity index (χ1n) is 5.83. The molecule has 3 heterocycles. The van der Waals surface area contributed by atoms with Crippen LogP contribution in [0, 0.1) is 0 Å². The minimum Gasteiger partial charge on any atom is -0.328 e. The van der Waals surface area contributed by atoms with E-state index < -0.39 is 0 Å². The Morgan fingerprint density at radius 2 is 2.11 bits per heavy atom. The van der Waals surface area contributed by atoms with Crippen molar-refractivity contribution < 1.29 is 0 Å². The van der Waals surface area contributed by atoms with Gasteiger partial charge in [0.2, 0.25) is 0 Å². The number of hydrogen-bond acceptors (Lipinski definition) is 3. The maximum Gasteiger partial charge on any atom is 0.258 e. The molecule has 3 aromatic rings. The van der Waals surface area contributed by atoms with Crippen LogP contribution in [-0.4, -0.2) is 19.6 Å². The van der Waals surface area contributed by atoms with Crippen molar-refractivity contribution in [3.05, 3.63) is 40.6 Å². The molecule has 0 saturated carbocycles. The zero-order valence-corrected chi connectivity index (χ0v) is 10.6. The van der Waals surface area contributed by atoms with E-state index in [1.165, 1.54) is 0 Å². The van der Waals surface area contributed by atoms with Crippen LogP contribution in [0.3, 0.4) is 0 Å². The van der Waals surface area contributed by atoms with Crippen LogP contribution in [0.5, 0.6) is 0 Å². The number of pyridine rings is 1. The lowest BCUT2D eigenvalue weighted by Crippen LogP contribution is -2.12. The average molecular weight is 242 g/mol. The van der Waals surface area contributed by atoms with Gasteiger partial charge in [0, 0.05) is 23.9 Å². The molecule has 3 rings (SSSR count). The van der Waals surface area contributed by atoms with Crippen LogP contribution in [-0.2, 0) is 5.41 Å². The van der Waals surface area contributed by atoms with E-state index in [0.717, 1.165) is 16.9 Å². The second-order valence-corrected chi connectivity index (χ2v) is 5.41. The van der Waals surface area contributed by atoms with Crippen LogP contribution in [0.1, 0.15) is 26.5 Å². The molecule has 5 nitrogen and oxygen atoms in total. The topological polar surface area (TPSA) is 63.0 Å². The highest BCUT2D eigenvalue weighted by Crippen LogP contribution is 2.22. The highest BCUT2D eigenvalue weighted by molar-refractivity contribution is 5.78. The largest absolute Gasteiger partial charge is 0.328 e. The fourth-order valence-electron chi connectivity index (χ4n) is 1.93. The van der Waals surface area contributed by atoms with Gasteiger partial charge in [-0.2, -0.15) is 5.10 Å². The van der Waals surface area contributed by atoms with Gasteiger partial charge in [0.05, 0.1) is 16.6 Å². The predicted molar refractivity (Wildman–Crippen MR) is 69.8 cm³/mol. The first-order valence-corrected chi connectivity index (χ1v) is 5.83. The summed E-state index contributed by atoms with van der Waals surface area (Å²) in [5.74, 6) is 0. The summed E-state index contributed by atoms with van der Waals surface area (Å²) in [6.45, 7) is 6.30. The number of aromatic amines is 1. The summed E-state index contributed by atoms with van der Waals surface area (Å²) in [4.78, 5) is 18.6. The van der Waals surface area contributed by atoms with E-state index in [4.69, 9.17) is 0 Å². The van der Waals surface area contributed by atoms with Crippen LogP contribution in [0.2, 0.25) is 0 Å². The van der Waals surface area contributed by atoms with Gasteiger partial charge in [-0.3, -0.25) is 4.79 Å². The van der Waals surface area contributed by atoms with Crippen molar-refractivity contribution in [3.63, 3.8) is 0 Å². The second-order valence-electron chi connectivity index (χ2n) is 5.41. The SMILES string of the molecule is CC(C)(C)c1cc2ncc3c(=O)[nH]ccc3n2n1. The number of rotatable bonds is 0. The number of H-pyrrole nitrogens is 1. The third kappa shape index (κ3) is 1.51. The van der Waals surface area contributed by atoms with Crippen molar-refractivity contribution >= 4 is 16.6 Å². The van der Waals surface area contributed by atoms with Crippen LogP contribution in [0.4, 0.5) is 0 Å². The fourth-order valence-corrected chi connectivity index (χ4v) is 1.93. The standard InChI is InChI=1S/C13H14N4O/c1-13(2,3)10-6-11-15-7-8-9(17(11)16-10)4-5-14-12(8)18/h4-7H,1-3H3,(H,14,18). The molecule has 0 amide bonds. The molecule has 0 saturated heterocycles. The number of hydrogen-bond donors (Lipinski definition) is 1. The summed E-state index contributed by atoms with van der Waals surface area (Å²) in [6.07, 6.45) is 3.22. The first kappa shape index (κ1) is 11.0. The lowest BCUT2D eigenvalue weighted by molar-refractivity contribution is 0.564. The average Bonchev–Trinajstić information content (AvgIpc) is 2.73. The summed E-state index contributed by atoms with van der Waals surface area (Å²) >= 11 is 0. The predicted octanol–water partition coefficient (Wildman–Crippen LogP) is 1.87. The molecule has 0 bridgehead atoms. The molecular weight excluding hydrogens is 228 g/mol. The normalized spacial score (nSPS) is 12.4. The highest BCUT2D eigenvalue weighted by atomic mass is 16.1. The van der Waals surface area contributed by atoms with Crippen LogP contribution >= 0.6 is 0 Å². The van der Waals surface area contributed by atoms with E-state index in [0.29, 0.717) is 5.39 Å². The molecule has 0 aliphatic carbocycles. The van der Waals surface area contributed by atoms with Gasteiger partial charge in [-0.05, 0) is 6.07 Å². The van der Waals surface area contributed by atoms with Gasteiger partial charge in [-0.15, -0.1) is 0 Å². The van der Waals surface area contributed by atoms with Crippen molar-refractivity contribution in [2.75, 3.05) is 0 Å². The molecule has 0 fully saturated rings. The van der Waals surface area contributed by atoms with Gasteiger partial charge in [0.25, 0.3) is 5.56 Å². The van der Waals surface area contributed by atoms with Crippen molar-refractivity contribution in [1.82, 2.24) is 19.6 Å². The Labute approximate surface area is 103 Å². The molecule has 0 aliphatic heterocycles. The Morgan fingerprint density at radius 3 is 2.83 bits per heavy atom. The summed E-state index contributed by atoms with van der Waals surface area (Å²) in [5.41, 5.74) is 2.32. The Hall–Kier alpha value is -2.17. The first-order chi connectivity index (χ1) is 8.47. The third-order valence-corrected chi connectivity index (χ3v) is 2.99. The van der Waals surface area contributed by atoms with E-state index in [9.17, 15) is 4.79 Å². The van der Waals surface area contributed by atoms with E-state index in [2.05, 4.69) is 35.8 Å². The van der Waals surface area contributed by atoms with Gasteiger partial charge in [-0.1, -0.05) is 20.8 Å². The quantitative estimate of drug-likeness (QED) is 0.654. The van der Waals surface area contributed by atoms with Crippen LogP contribution in [0.15, 0.2) is 29.3 Å². The third-order valence-electron chi connectivity index (χ3n) is 2.99. The van der Waals surface area contributed by atoms with E-state index in [1.807, 2.05) is 12.1 Å². The van der Waals surface area contributed by atoms with E-state index in [-0.39, 0.29) is 11.0 Å². The van der Waals surface area contributed by atoms with E-state index in [1.54, 1.807) is 16.9 Å². The van der Waals surface area contributed by atoms with Gasteiger partial charge in [-0.25, -0.2) is 9.50 Å². The van der Waals surface area contributed by atoms with Crippen molar-refractivity contribution in [2.24, 2.45) is 0 Å². The summed E-state index contributed by atoms with van der Waals surface area (Å²) < 4.78 is 1.73. The highest BCUT2D eigenvalue weighted by Gasteiger charge is 2.19. The molecule has 3 aromatic heterocycles. The van der Waals surface area contributed by atoms with Gasteiger partial charge in [0.15, 0.2) is 5.65 Å². The lowest BCUT2D eigenvalue weighted by atomic mass is 9.93. The smallest absolute Gasteiger partial charge is 0.258 e. The summed E-state index contributed by atoms with van der Waals surface area (Å²) in [6, 6.07) is 3.80. The Kier molecular flexibility index (Phi) is 2.08. The van der Waals surface area contributed by atoms with Crippen molar-refractivity contribution in [2.45, 2.75) is 26.2 Å². The number of fused-ring (bicyclic) bond motifs is 3.